The third-order valence-electron chi connectivity index (χ3n) is 3.47. The number of nitrogens with one attached hydrogen (secondary N) is 2. The molecule has 0 unspecified atom stereocenters. The van der Waals surface area contributed by atoms with Crippen molar-refractivity contribution in [2.24, 2.45) is 0 Å². The lowest BCUT2D eigenvalue weighted by Crippen LogP contribution is -2.34. The van der Waals surface area contributed by atoms with Crippen LogP contribution in [0.4, 0.5) is 14.5 Å². The minimum atomic E-state index is -3.65. The number of pyridine rings is 1. The smallest absolute Gasteiger partial charge is 0.275 e. The monoisotopic (exact) mass is 385 g/mol. The maximum atomic E-state index is 13.5. The van der Waals surface area contributed by atoms with Crippen LogP contribution in [-0.4, -0.2) is 25.1 Å². The van der Waals surface area contributed by atoms with Gasteiger partial charge in [0.15, 0.2) is 0 Å². The molecule has 2 aromatic rings. The van der Waals surface area contributed by atoms with E-state index in [4.69, 9.17) is 0 Å². The van der Waals surface area contributed by atoms with Gasteiger partial charge in [-0.15, -0.1) is 0 Å². The molecule has 26 heavy (non-hydrogen) atoms. The van der Waals surface area contributed by atoms with Crippen molar-refractivity contribution in [1.82, 2.24) is 9.88 Å². The van der Waals surface area contributed by atoms with Crippen LogP contribution in [0, 0.1) is 18.6 Å². The highest BCUT2D eigenvalue weighted by Crippen LogP contribution is 2.09. The van der Waals surface area contributed by atoms with E-state index < -0.39 is 39.7 Å². The van der Waals surface area contributed by atoms with Gasteiger partial charge in [-0.3, -0.25) is 14.3 Å². The summed E-state index contributed by atoms with van der Waals surface area (Å²) >= 11 is 0. The molecule has 1 heterocycles. The largest absolute Gasteiger partial charge is 0.350 e. The molecule has 0 saturated heterocycles. The number of aryl methyl sites for hydroxylation is 1. The van der Waals surface area contributed by atoms with Crippen LogP contribution in [0.3, 0.4) is 0 Å². The molecule has 0 aliphatic carbocycles. The van der Waals surface area contributed by atoms with Crippen molar-refractivity contribution in [2.75, 3.05) is 11.0 Å². The van der Waals surface area contributed by atoms with Gasteiger partial charge in [-0.25, -0.2) is 17.2 Å². The molecule has 0 fully saturated rings. The van der Waals surface area contributed by atoms with Gasteiger partial charge in [0, 0.05) is 17.8 Å². The number of sulfonamides is 1. The van der Waals surface area contributed by atoms with Crippen LogP contribution in [-0.2, 0) is 27.9 Å². The second-order valence-electron chi connectivity index (χ2n) is 5.67. The third kappa shape index (κ3) is 5.12. The van der Waals surface area contributed by atoms with E-state index in [1.165, 1.54) is 12.1 Å². The van der Waals surface area contributed by atoms with Crippen LogP contribution in [0.15, 0.2) is 35.1 Å². The van der Waals surface area contributed by atoms with Gasteiger partial charge in [0.2, 0.25) is 15.9 Å². The lowest BCUT2D eigenvalue weighted by molar-refractivity contribution is -0.121. The first-order valence-corrected chi connectivity index (χ1v) is 9.35. The van der Waals surface area contributed by atoms with Crippen LogP contribution >= 0.6 is 0 Å². The lowest BCUT2D eigenvalue weighted by atomic mass is 10.2. The molecule has 7 nitrogen and oxygen atoms in total. The Morgan fingerprint density at radius 1 is 1.19 bits per heavy atom. The van der Waals surface area contributed by atoms with E-state index in [9.17, 15) is 26.8 Å². The third-order valence-corrected chi connectivity index (χ3v) is 4.06. The fourth-order valence-electron chi connectivity index (χ4n) is 2.22. The first-order chi connectivity index (χ1) is 12.1. The normalized spacial score (nSPS) is 11.2. The molecule has 2 rings (SSSR count). The zero-order valence-corrected chi connectivity index (χ0v) is 14.9. The van der Waals surface area contributed by atoms with Gasteiger partial charge in [0.1, 0.15) is 23.9 Å². The number of rotatable bonds is 6. The number of aromatic nitrogens is 1. The SMILES string of the molecule is Cc1ccc(NS(C)(=O)=O)c(=O)n1CC(=O)NCc1cc(F)ccc1F. The van der Waals surface area contributed by atoms with Gasteiger partial charge in [0.25, 0.3) is 5.56 Å². The van der Waals surface area contributed by atoms with Crippen LogP contribution in [0.1, 0.15) is 11.3 Å². The number of amides is 1. The maximum absolute atomic E-state index is 13.5. The fraction of sp³-hybridized carbons (Fsp3) is 0.250. The number of carbonyl (C=O) groups excluding carboxylic acids is 1. The quantitative estimate of drug-likeness (QED) is 0.779. The number of anilines is 1. The summed E-state index contributed by atoms with van der Waals surface area (Å²) in [4.78, 5) is 24.4. The van der Waals surface area contributed by atoms with Gasteiger partial charge in [-0.2, -0.15) is 0 Å². The molecule has 10 heteroatoms. The highest BCUT2D eigenvalue weighted by Gasteiger charge is 2.13. The molecular weight excluding hydrogens is 368 g/mol. The predicted molar refractivity (Wildman–Crippen MR) is 92.1 cm³/mol. The summed E-state index contributed by atoms with van der Waals surface area (Å²) in [5.74, 6) is -1.92. The van der Waals surface area contributed by atoms with Crippen molar-refractivity contribution in [3.05, 3.63) is 63.6 Å². The molecule has 0 spiro atoms. The minimum Gasteiger partial charge on any atom is -0.350 e. The molecule has 0 radical (unpaired) electrons. The summed E-state index contributed by atoms with van der Waals surface area (Å²) in [6, 6.07) is 5.66. The molecule has 0 aliphatic rings. The fourth-order valence-corrected chi connectivity index (χ4v) is 2.77. The molecule has 1 amide bonds. The average Bonchev–Trinajstić information content (AvgIpc) is 2.54. The van der Waals surface area contributed by atoms with Crippen LogP contribution in [0.25, 0.3) is 0 Å². The number of benzene rings is 1. The lowest BCUT2D eigenvalue weighted by Gasteiger charge is -2.13. The maximum Gasteiger partial charge on any atom is 0.275 e. The highest BCUT2D eigenvalue weighted by molar-refractivity contribution is 7.92. The van der Waals surface area contributed by atoms with E-state index in [0.717, 1.165) is 29.0 Å². The summed E-state index contributed by atoms with van der Waals surface area (Å²) in [5.41, 5.74) is -0.486. The predicted octanol–water partition coefficient (Wildman–Crippen LogP) is 1.12. The summed E-state index contributed by atoms with van der Waals surface area (Å²) < 4.78 is 52.4. The van der Waals surface area contributed by atoms with Gasteiger partial charge >= 0.3 is 0 Å². The molecule has 2 N–H and O–H groups in total. The molecule has 0 aliphatic heterocycles. The summed E-state index contributed by atoms with van der Waals surface area (Å²) in [5, 5.41) is 2.39. The Kier molecular flexibility index (Phi) is 5.76. The minimum absolute atomic E-state index is 0.0325. The average molecular weight is 385 g/mol. The Balaban J connectivity index is 2.15. The van der Waals surface area contributed by atoms with Crippen LogP contribution < -0.4 is 15.6 Å². The Labute approximate surface area is 148 Å². The molecule has 0 atom stereocenters. The molecule has 0 saturated carbocycles. The Bertz CT molecular complexity index is 1000. The van der Waals surface area contributed by atoms with Crippen molar-refractivity contribution in [1.29, 1.82) is 0 Å². The topological polar surface area (TPSA) is 97.3 Å². The summed E-state index contributed by atoms with van der Waals surface area (Å²) in [7, 11) is -3.65. The molecule has 1 aromatic carbocycles. The second kappa shape index (κ2) is 7.65. The molecule has 140 valence electrons. The van der Waals surface area contributed by atoms with Crippen molar-refractivity contribution in [3.8, 4) is 0 Å². The standard InChI is InChI=1S/C16H17F2N3O4S/c1-10-3-6-14(20-26(2,24)25)16(23)21(10)9-15(22)19-8-11-7-12(17)4-5-13(11)18/h3-7,20H,8-9H2,1-2H3,(H,19,22). The Hall–Kier alpha value is -2.75. The number of nitrogens with zero attached hydrogens (tertiary/aromatic N) is 1. The molecule has 1 aromatic heterocycles. The van der Waals surface area contributed by atoms with Gasteiger partial charge < -0.3 is 9.88 Å². The van der Waals surface area contributed by atoms with Crippen molar-refractivity contribution < 1.29 is 22.0 Å². The number of carbonyl (C=O) groups is 1. The second-order valence-corrected chi connectivity index (χ2v) is 7.41. The first kappa shape index (κ1) is 19.6. The van der Waals surface area contributed by atoms with Crippen molar-refractivity contribution in [3.63, 3.8) is 0 Å². The highest BCUT2D eigenvalue weighted by atomic mass is 32.2. The van der Waals surface area contributed by atoms with Gasteiger partial charge in [-0.1, -0.05) is 0 Å². The number of halogens is 2. The van der Waals surface area contributed by atoms with E-state index in [1.807, 2.05) is 0 Å². The number of hydrogen-bond donors (Lipinski definition) is 2. The molecule has 0 bridgehead atoms. The first-order valence-electron chi connectivity index (χ1n) is 7.45. The zero-order chi connectivity index (χ0) is 19.5. The summed E-state index contributed by atoms with van der Waals surface area (Å²) in [6.07, 6.45) is 0.900. The van der Waals surface area contributed by atoms with E-state index >= 15 is 0 Å². The Morgan fingerprint density at radius 3 is 2.54 bits per heavy atom. The van der Waals surface area contributed by atoms with E-state index in [1.54, 1.807) is 6.92 Å². The van der Waals surface area contributed by atoms with Crippen LogP contribution in [0.5, 0.6) is 0 Å². The van der Waals surface area contributed by atoms with Crippen molar-refractivity contribution >= 4 is 21.6 Å². The Morgan fingerprint density at radius 2 is 1.88 bits per heavy atom. The van der Waals surface area contributed by atoms with Crippen LogP contribution in [0.2, 0.25) is 0 Å². The van der Waals surface area contributed by atoms with Crippen molar-refractivity contribution in [2.45, 2.75) is 20.0 Å². The van der Waals surface area contributed by atoms with E-state index in [-0.39, 0.29) is 17.8 Å². The van der Waals surface area contributed by atoms with E-state index in [0.29, 0.717) is 5.69 Å². The van der Waals surface area contributed by atoms with Gasteiger partial charge in [0.05, 0.1) is 6.26 Å². The number of hydrogen-bond acceptors (Lipinski definition) is 4. The van der Waals surface area contributed by atoms with E-state index in [2.05, 4.69) is 10.0 Å². The zero-order valence-electron chi connectivity index (χ0n) is 14.0. The molecular formula is C16H17F2N3O4S. The summed E-state index contributed by atoms with van der Waals surface area (Å²) in [6.45, 7) is 0.920. The van der Waals surface area contributed by atoms with Gasteiger partial charge in [-0.05, 0) is 37.3 Å².